The first-order valence-corrected chi connectivity index (χ1v) is 6.77. The lowest BCUT2D eigenvalue weighted by Gasteiger charge is -2.21. The van der Waals surface area contributed by atoms with E-state index in [9.17, 15) is 9.59 Å². The second kappa shape index (κ2) is 5.04. The van der Waals surface area contributed by atoms with Crippen molar-refractivity contribution in [2.45, 2.75) is 37.9 Å². The van der Waals surface area contributed by atoms with Gasteiger partial charge in [0, 0.05) is 0 Å². The number of carbonyl (C=O) groups excluding carboxylic acids is 2. The maximum Gasteiger partial charge on any atom is 0.342 e. The molecule has 3 heterocycles. The van der Waals surface area contributed by atoms with Crippen molar-refractivity contribution in [1.82, 2.24) is 10.2 Å². The summed E-state index contributed by atoms with van der Waals surface area (Å²) in [6.45, 7) is 3.90. The highest BCUT2D eigenvalue weighted by molar-refractivity contribution is 6.04. The van der Waals surface area contributed by atoms with E-state index in [-0.39, 0.29) is 17.4 Å². The molecule has 22 heavy (non-hydrogen) atoms. The Labute approximate surface area is 126 Å². The van der Waals surface area contributed by atoms with Crippen LogP contribution < -0.4 is 5.73 Å². The maximum atomic E-state index is 12.0. The average Bonchev–Trinajstić information content (AvgIpc) is 3.08. The molecule has 0 unspecified atom stereocenters. The predicted octanol–water partition coefficient (Wildman–Crippen LogP) is -0.113. The lowest BCUT2D eigenvalue weighted by molar-refractivity contribution is -0.176. The topological polar surface area (TPSA) is 126 Å². The Morgan fingerprint density at radius 2 is 2.14 bits per heavy atom. The number of nitrogens with zero attached hydrogens (tertiary/aromatic N) is 1. The van der Waals surface area contributed by atoms with Crippen LogP contribution in [0.25, 0.3) is 0 Å². The van der Waals surface area contributed by atoms with E-state index in [4.69, 9.17) is 24.7 Å². The van der Waals surface area contributed by atoms with Crippen LogP contribution in [0, 0.1) is 0 Å². The molecule has 1 aromatic rings. The third kappa shape index (κ3) is 2.27. The molecule has 2 fully saturated rings. The smallest absolute Gasteiger partial charge is 0.342 e. The summed E-state index contributed by atoms with van der Waals surface area (Å²) < 4.78 is 21.9. The Kier molecular flexibility index (Phi) is 3.42. The van der Waals surface area contributed by atoms with Crippen molar-refractivity contribution in [3.8, 4) is 0 Å². The fourth-order valence-electron chi connectivity index (χ4n) is 2.84. The summed E-state index contributed by atoms with van der Waals surface area (Å²) in [5.41, 5.74) is 5.32. The SMILES string of the molecule is COC(=O)c1c(C(N)=O)n[nH]c1[C@@H]1OC[C@H]2OC(C)(C)O[C@H]21. The van der Waals surface area contributed by atoms with E-state index >= 15 is 0 Å². The summed E-state index contributed by atoms with van der Waals surface area (Å²) in [7, 11) is 1.21. The van der Waals surface area contributed by atoms with E-state index in [2.05, 4.69) is 10.2 Å². The summed E-state index contributed by atoms with van der Waals surface area (Å²) >= 11 is 0. The molecular weight excluding hydrogens is 294 g/mol. The Balaban J connectivity index is 1.99. The normalized spacial score (nSPS) is 29.3. The van der Waals surface area contributed by atoms with Crippen molar-refractivity contribution in [1.29, 1.82) is 0 Å². The zero-order valence-electron chi connectivity index (χ0n) is 12.4. The minimum absolute atomic E-state index is 0.0334. The Bertz CT molecular complexity index is 625. The van der Waals surface area contributed by atoms with Gasteiger partial charge in [-0.15, -0.1) is 0 Å². The number of primary amides is 1. The van der Waals surface area contributed by atoms with Gasteiger partial charge in [-0.05, 0) is 13.8 Å². The summed E-state index contributed by atoms with van der Waals surface area (Å²) in [5.74, 6) is -2.29. The zero-order valence-corrected chi connectivity index (χ0v) is 12.4. The van der Waals surface area contributed by atoms with Gasteiger partial charge in [-0.3, -0.25) is 9.89 Å². The van der Waals surface area contributed by atoms with Gasteiger partial charge in [0.15, 0.2) is 11.5 Å². The Morgan fingerprint density at radius 1 is 1.41 bits per heavy atom. The van der Waals surface area contributed by atoms with Crippen molar-refractivity contribution < 1.29 is 28.5 Å². The van der Waals surface area contributed by atoms with Crippen LogP contribution >= 0.6 is 0 Å². The first kappa shape index (κ1) is 14.9. The number of H-pyrrole nitrogens is 1. The van der Waals surface area contributed by atoms with Gasteiger partial charge in [0.05, 0.1) is 19.4 Å². The molecule has 0 aromatic carbocycles. The molecule has 3 N–H and O–H groups in total. The van der Waals surface area contributed by atoms with E-state index in [1.807, 2.05) is 0 Å². The van der Waals surface area contributed by atoms with Gasteiger partial charge in [-0.1, -0.05) is 0 Å². The van der Waals surface area contributed by atoms with Crippen LogP contribution in [0.4, 0.5) is 0 Å². The summed E-state index contributed by atoms with van der Waals surface area (Å²) in [5, 5.41) is 6.44. The van der Waals surface area contributed by atoms with Crippen LogP contribution in [0.3, 0.4) is 0 Å². The van der Waals surface area contributed by atoms with Crippen molar-refractivity contribution in [2.75, 3.05) is 13.7 Å². The van der Waals surface area contributed by atoms with Crippen LogP contribution in [0.1, 0.15) is 46.5 Å². The van der Waals surface area contributed by atoms with Crippen molar-refractivity contribution >= 4 is 11.9 Å². The van der Waals surface area contributed by atoms with Crippen molar-refractivity contribution in [2.24, 2.45) is 5.73 Å². The van der Waals surface area contributed by atoms with Crippen molar-refractivity contribution in [3.63, 3.8) is 0 Å². The van der Waals surface area contributed by atoms with Gasteiger partial charge < -0.3 is 24.7 Å². The van der Waals surface area contributed by atoms with Crippen LogP contribution in [0.5, 0.6) is 0 Å². The molecule has 2 aliphatic rings. The van der Waals surface area contributed by atoms with Crippen LogP contribution in [-0.4, -0.2) is 53.8 Å². The Morgan fingerprint density at radius 3 is 2.77 bits per heavy atom. The summed E-state index contributed by atoms with van der Waals surface area (Å²) in [6.07, 6.45) is -1.30. The monoisotopic (exact) mass is 311 g/mol. The minimum atomic E-state index is -0.832. The zero-order chi connectivity index (χ0) is 16.1. The number of hydrogen-bond donors (Lipinski definition) is 2. The molecule has 2 saturated heterocycles. The third-order valence-electron chi connectivity index (χ3n) is 3.66. The predicted molar refractivity (Wildman–Crippen MR) is 71.0 cm³/mol. The molecular formula is C13H17N3O6. The summed E-state index contributed by atoms with van der Waals surface area (Å²) in [6, 6.07) is 0. The van der Waals surface area contributed by atoms with Crippen LogP contribution in [-0.2, 0) is 18.9 Å². The highest BCUT2D eigenvalue weighted by atomic mass is 16.8. The number of methoxy groups -OCH3 is 1. The average molecular weight is 311 g/mol. The number of amides is 1. The number of hydrogen-bond acceptors (Lipinski definition) is 7. The molecule has 0 saturated carbocycles. The molecule has 0 bridgehead atoms. The first-order valence-electron chi connectivity index (χ1n) is 6.77. The number of esters is 1. The maximum absolute atomic E-state index is 12.0. The highest BCUT2D eigenvalue weighted by Crippen LogP contribution is 2.42. The number of nitrogens with one attached hydrogen (secondary N) is 1. The standard InChI is InChI=1S/C13H17N3O6/c1-13(2)21-5-4-20-10(9(5)22-13)7-6(12(18)19-3)8(11(14)17)16-15-7/h5,9-10H,4H2,1-3H3,(H2,14,17)(H,15,16)/t5-,9-,10+/m1/s1. The number of aromatic amines is 1. The molecule has 1 aromatic heterocycles. The fraction of sp³-hybridized carbons (Fsp3) is 0.615. The van der Waals surface area contributed by atoms with Gasteiger partial charge in [-0.2, -0.15) is 5.10 Å². The second-order valence-corrected chi connectivity index (χ2v) is 5.61. The molecule has 9 nitrogen and oxygen atoms in total. The van der Waals surface area contributed by atoms with E-state index in [0.717, 1.165) is 0 Å². The molecule has 120 valence electrons. The first-order chi connectivity index (χ1) is 10.3. The Hall–Kier alpha value is -1.97. The second-order valence-electron chi connectivity index (χ2n) is 5.61. The number of rotatable bonds is 3. The van der Waals surface area contributed by atoms with E-state index in [1.54, 1.807) is 13.8 Å². The lowest BCUT2D eigenvalue weighted by atomic mass is 10.0. The molecule has 9 heteroatoms. The fourth-order valence-corrected chi connectivity index (χ4v) is 2.84. The van der Waals surface area contributed by atoms with Gasteiger partial charge in [0.25, 0.3) is 5.91 Å². The number of nitrogens with two attached hydrogens (primary N) is 1. The molecule has 0 radical (unpaired) electrons. The van der Waals surface area contributed by atoms with Gasteiger partial charge in [0.1, 0.15) is 23.9 Å². The van der Waals surface area contributed by atoms with Gasteiger partial charge in [0.2, 0.25) is 0 Å². The van der Waals surface area contributed by atoms with E-state index < -0.39 is 29.9 Å². The molecule has 3 rings (SSSR count). The quantitative estimate of drug-likeness (QED) is 0.746. The van der Waals surface area contributed by atoms with E-state index in [0.29, 0.717) is 12.3 Å². The number of carbonyl (C=O) groups is 2. The number of fused-ring (bicyclic) bond motifs is 1. The van der Waals surface area contributed by atoms with Crippen LogP contribution in [0.2, 0.25) is 0 Å². The number of aromatic nitrogens is 2. The minimum Gasteiger partial charge on any atom is -0.465 e. The van der Waals surface area contributed by atoms with E-state index in [1.165, 1.54) is 7.11 Å². The van der Waals surface area contributed by atoms with Gasteiger partial charge in [-0.25, -0.2) is 4.79 Å². The largest absolute Gasteiger partial charge is 0.465 e. The third-order valence-corrected chi connectivity index (χ3v) is 3.66. The molecule has 1 amide bonds. The van der Waals surface area contributed by atoms with Crippen molar-refractivity contribution in [3.05, 3.63) is 17.0 Å². The molecule has 2 aliphatic heterocycles. The van der Waals surface area contributed by atoms with Crippen LogP contribution in [0.15, 0.2) is 0 Å². The lowest BCUT2D eigenvalue weighted by Crippen LogP contribution is -2.26. The van der Waals surface area contributed by atoms with Gasteiger partial charge >= 0.3 is 5.97 Å². The molecule has 3 atom stereocenters. The highest BCUT2D eigenvalue weighted by Gasteiger charge is 2.52. The molecule has 0 aliphatic carbocycles. The number of ether oxygens (including phenoxy) is 4. The summed E-state index contributed by atoms with van der Waals surface area (Å²) in [4.78, 5) is 23.4. The molecule has 0 spiro atoms.